The average molecular weight is 244 g/mol. The lowest BCUT2D eigenvalue weighted by Gasteiger charge is -2.38. The van der Waals surface area contributed by atoms with Gasteiger partial charge in [-0.15, -0.1) is 0 Å². The number of rotatable bonds is 7. The first kappa shape index (κ1) is 16.2. The lowest BCUT2D eigenvalue weighted by Crippen LogP contribution is -2.43. The Balaban J connectivity index is 3.90. The number of unbranched alkanes of at least 4 members (excludes halogenated alkanes) is 3. The molecule has 98 valence electrons. The Kier molecular flexibility index (Phi) is 6.88. The second kappa shape index (κ2) is 6.80. The van der Waals surface area contributed by atoms with E-state index in [1.807, 2.05) is 0 Å². The molecule has 1 nitrogen and oxygen atoms in total. The number of hydrogen-bond donors (Lipinski definition) is 0. The van der Waals surface area contributed by atoms with Crippen LogP contribution in [0.5, 0.6) is 0 Å². The molecule has 0 aliphatic carbocycles. The Hall–Kier alpha value is 0.177. The Morgan fingerprint density at radius 2 is 1.62 bits per heavy atom. The van der Waals surface area contributed by atoms with Crippen molar-refractivity contribution in [2.75, 3.05) is 0 Å². The Morgan fingerprint density at radius 3 is 2.06 bits per heavy atom. The van der Waals surface area contributed by atoms with Crippen LogP contribution >= 0.6 is 0 Å². The third-order valence-corrected chi connectivity index (χ3v) is 8.37. The van der Waals surface area contributed by atoms with Crippen LogP contribution in [-0.2, 0) is 4.43 Å². The molecular weight excluding hydrogens is 212 g/mol. The molecule has 0 saturated heterocycles. The van der Waals surface area contributed by atoms with Crippen LogP contribution in [0.1, 0.15) is 66.7 Å². The molecule has 0 radical (unpaired) electrons. The summed E-state index contributed by atoms with van der Waals surface area (Å²) in [4.78, 5) is 0. The highest BCUT2D eigenvalue weighted by molar-refractivity contribution is 6.74. The molecule has 0 fully saturated rings. The first-order valence-corrected chi connectivity index (χ1v) is 9.79. The summed E-state index contributed by atoms with van der Waals surface area (Å²) in [5.41, 5.74) is 0. The molecule has 0 saturated carbocycles. The highest BCUT2D eigenvalue weighted by Gasteiger charge is 2.38. The van der Waals surface area contributed by atoms with Crippen molar-refractivity contribution in [2.24, 2.45) is 0 Å². The largest absolute Gasteiger partial charge is 0.414 e. The second-order valence-electron chi connectivity index (χ2n) is 6.54. The van der Waals surface area contributed by atoms with E-state index < -0.39 is 8.32 Å². The van der Waals surface area contributed by atoms with E-state index in [9.17, 15) is 0 Å². The van der Waals surface area contributed by atoms with Crippen molar-refractivity contribution in [2.45, 2.75) is 91.0 Å². The van der Waals surface area contributed by atoms with E-state index >= 15 is 0 Å². The van der Waals surface area contributed by atoms with E-state index in [2.05, 4.69) is 47.7 Å². The maximum absolute atomic E-state index is 6.32. The van der Waals surface area contributed by atoms with Gasteiger partial charge in [0.15, 0.2) is 8.32 Å². The molecule has 0 aliphatic rings. The molecule has 0 aromatic rings. The molecule has 0 aromatic heterocycles. The summed E-state index contributed by atoms with van der Waals surface area (Å²) in [6.07, 6.45) is 7.04. The van der Waals surface area contributed by atoms with Gasteiger partial charge < -0.3 is 4.43 Å². The van der Waals surface area contributed by atoms with Crippen LogP contribution in [0.15, 0.2) is 0 Å². The van der Waals surface area contributed by atoms with Gasteiger partial charge in [-0.2, -0.15) is 0 Å². The van der Waals surface area contributed by atoms with Crippen molar-refractivity contribution in [1.29, 1.82) is 0 Å². The van der Waals surface area contributed by atoms with E-state index in [0.29, 0.717) is 11.1 Å². The zero-order valence-corrected chi connectivity index (χ0v) is 13.5. The Bertz CT molecular complexity index is 182. The fraction of sp³-hybridized carbons (Fsp3) is 1.00. The summed E-state index contributed by atoms with van der Waals surface area (Å²) in [7, 11) is -1.54. The van der Waals surface area contributed by atoms with Gasteiger partial charge in [-0.25, -0.2) is 0 Å². The van der Waals surface area contributed by atoms with Gasteiger partial charge in [0.05, 0.1) is 0 Å². The third-order valence-electron chi connectivity index (χ3n) is 3.77. The van der Waals surface area contributed by atoms with Crippen LogP contribution in [0.2, 0.25) is 18.1 Å². The molecular formula is C14H32OSi. The molecule has 16 heavy (non-hydrogen) atoms. The summed E-state index contributed by atoms with van der Waals surface area (Å²) < 4.78 is 6.32. The smallest absolute Gasteiger partial charge is 0.192 e. The summed E-state index contributed by atoms with van der Waals surface area (Å²) >= 11 is 0. The lowest BCUT2D eigenvalue weighted by atomic mass is 10.1. The van der Waals surface area contributed by atoms with E-state index in [1.54, 1.807) is 0 Å². The van der Waals surface area contributed by atoms with Gasteiger partial charge >= 0.3 is 0 Å². The van der Waals surface area contributed by atoms with Crippen molar-refractivity contribution in [3.05, 3.63) is 0 Å². The molecule has 0 aromatic carbocycles. The van der Waals surface area contributed by atoms with Crippen LogP contribution in [-0.4, -0.2) is 14.4 Å². The standard InChI is InChI=1S/C14H32OSi/c1-8-9-10-11-12-13(2)15-16(6,7)14(3,4)5/h13H,8-12H2,1-7H3/t13-/m0/s1. The van der Waals surface area contributed by atoms with Crippen LogP contribution in [0.25, 0.3) is 0 Å². The lowest BCUT2D eigenvalue weighted by molar-refractivity contribution is 0.185. The Labute approximate surface area is 104 Å². The van der Waals surface area contributed by atoms with Crippen LogP contribution in [0.3, 0.4) is 0 Å². The molecule has 0 spiro atoms. The predicted octanol–water partition coefficient (Wildman–Crippen LogP) is 5.37. The summed E-state index contributed by atoms with van der Waals surface area (Å²) in [6, 6.07) is 0. The number of hydrogen-bond acceptors (Lipinski definition) is 1. The van der Waals surface area contributed by atoms with E-state index in [0.717, 1.165) is 0 Å². The quantitative estimate of drug-likeness (QED) is 0.432. The topological polar surface area (TPSA) is 9.23 Å². The first-order valence-electron chi connectivity index (χ1n) is 6.88. The summed E-state index contributed by atoms with van der Waals surface area (Å²) in [6.45, 7) is 16.1. The molecule has 2 heteroatoms. The maximum atomic E-state index is 6.32. The van der Waals surface area contributed by atoms with Gasteiger partial charge in [0, 0.05) is 6.10 Å². The molecule has 0 amide bonds. The van der Waals surface area contributed by atoms with Crippen molar-refractivity contribution < 1.29 is 4.43 Å². The minimum absolute atomic E-state index is 0.338. The Morgan fingerprint density at radius 1 is 1.06 bits per heavy atom. The van der Waals surface area contributed by atoms with Gasteiger partial charge in [-0.3, -0.25) is 0 Å². The van der Waals surface area contributed by atoms with E-state index in [-0.39, 0.29) is 0 Å². The minimum atomic E-state index is -1.54. The van der Waals surface area contributed by atoms with Crippen LogP contribution in [0.4, 0.5) is 0 Å². The van der Waals surface area contributed by atoms with Crippen molar-refractivity contribution in [1.82, 2.24) is 0 Å². The van der Waals surface area contributed by atoms with Gasteiger partial charge in [-0.05, 0) is 31.5 Å². The third kappa shape index (κ3) is 6.05. The van der Waals surface area contributed by atoms with Crippen LogP contribution in [0, 0.1) is 0 Å². The van der Waals surface area contributed by atoms with Gasteiger partial charge in [0.25, 0.3) is 0 Å². The molecule has 1 atom stereocenters. The van der Waals surface area contributed by atoms with Crippen molar-refractivity contribution in [3.8, 4) is 0 Å². The highest BCUT2D eigenvalue weighted by Crippen LogP contribution is 2.37. The zero-order valence-electron chi connectivity index (χ0n) is 12.5. The van der Waals surface area contributed by atoms with E-state index in [4.69, 9.17) is 4.43 Å². The van der Waals surface area contributed by atoms with Gasteiger partial charge in [0.1, 0.15) is 0 Å². The van der Waals surface area contributed by atoms with Crippen LogP contribution < -0.4 is 0 Å². The molecule has 0 heterocycles. The average Bonchev–Trinajstić information content (AvgIpc) is 2.10. The summed E-state index contributed by atoms with van der Waals surface area (Å²) in [5, 5.41) is 0.338. The van der Waals surface area contributed by atoms with Crippen molar-refractivity contribution >= 4 is 8.32 Å². The second-order valence-corrected chi connectivity index (χ2v) is 11.3. The minimum Gasteiger partial charge on any atom is -0.414 e. The fourth-order valence-corrected chi connectivity index (χ4v) is 3.07. The first-order chi connectivity index (χ1) is 7.20. The molecule has 0 rings (SSSR count). The predicted molar refractivity (Wildman–Crippen MR) is 76.5 cm³/mol. The molecule has 0 aliphatic heterocycles. The maximum Gasteiger partial charge on any atom is 0.192 e. The fourth-order valence-electron chi connectivity index (χ4n) is 1.60. The SMILES string of the molecule is CCCCCC[C@H](C)O[Si](C)(C)C(C)(C)C. The zero-order chi connectivity index (χ0) is 12.8. The molecule has 0 unspecified atom stereocenters. The van der Waals surface area contributed by atoms with E-state index in [1.165, 1.54) is 32.1 Å². The normalized spacial score (nSPS) is 15.2. The van der Waals surface area contributed by atoms with Crippen molar-refractivity contribution in [3.63, 3.8) is 0 Å². The van der Waals surface area contributed by atoms with Gasteiger partial charge in [0.2, 0.25) is 0 Å². The molecule has 0 bridgehead atoms. The highest BCUT2D eigenvalue weighted by atomic mass is 28.4. The molecule has 0 N–H and O–H groups in total. The monoisotopic (exact) mass is 244 g/mol. The summed E-state index contributed by atoms with van der Waals surface area (Å²) in [5.74, 6) is 0. The van der Waals surface area contributed by atoms with Gasteiger partial charge in [-0.1, -0.05) is 53.4 Å².